The summed E-state index contributed by atoms with van der Waals surface area (Å²) < 4.78 is 0. The third kappa shape index (κ3) is 4.09. The van der Waals surface area contributed by atoms with Crippen LogP contribution >= 0.6 is 0 Å². The lowest BCUT2D eigenvalue weighted by molar-refractivity contribution is -0.126. The zero-order valence-corrected chi connectivity index (χ0v) is 16.6. The monoisotopic (exact) mass is 390 g/mol. The fourth-order valence-corrected chi connectivity index (χ4v) is 4.77. The highest BCUT2D eigenvalue weighted by atomic mass is 16.2. The largest absolute Gasteiger partial charge is 0.353 e. The molecular formula is C24H26N2O3. The Morgan fingerprint density at radius 1 is 0.966 bits per heavy atom. The van der Waals surface area contributed by atoms with Crippen LogP contribution in [0, 0.1) is 11.8 Å². The van der Waals surface area contributed by atoms with Crippen molar-refractivity contribution < 1.29 is 14.4 Å². The number of piperidine rings is 1. The van der Waals surface area contributed by atoms with E-state index in [9.17, 15) is 14.4 Å². The molecule has 1 saturated carbocycles. The third-order valence-corrected chi connectivity index (χ3v) is 6.28. The van der Waals surface area contributed by atoms with E-state index in [1.807, 2.05) is 18.2 Å². The summed E-state index contributed by atoms with van der Waals surface area (Å²) in [5, 5.41) is 6.20. The Labute approximate surface area is 170 Å². The highest BCUT2D eigenvalue weighted by Crippen LogP contribution is 2.35. The van der Waals surface area contributed by atoms with Gasteiger partial charge in [-0.2, -0.15) is 0 Å². The van der Waals surface area contributed by atoms with Crippen LogP contribution in [0.4, 0.5) is 0 Å². The molecule has 5 nitrogen and oxygen atoms in total. The van der Waals surface area contributed by atoms with Crippen LogP contribution in [0.25, 0.3) is 0 Å². The van der Waals surface area contributed by atoms with Gasteiger partial charge in [-0.05, 0) is 37.2 Å². The standard InChI is InChI=1S/C24H26N2O3/c1-15-13-22(27)26-21-14-17(11-12-18(15)21)25-24(29)20-10-6-5-9-19(20)23(28)16-7-3-2-4-8-16/h2-10,15,17-18,21H,11-14H2,1H3,(H,25,29)(H,26,27). The normalized spacial score (nSPS) is 26.2. The Hall–Kier alpha value is -2.95. The molecule has 4 atom stereocenters. The van der Waals surface area contributed by atoms with E-state index < -0.39 is 0 Å². The van der Waals surface area contributed by atoms with Gasteiger partial charge < -0.3 is 10.6 Å². The van der Waals surface area contributed by atoms with Gasteiger partial charge in [0.2, 0.25) is 5.91 Å². The summed E-state index contributed by atoms with van der Waals surface area (Å²) in [7, 11) is 0. The molecule has 0 aromatic heterocycles. The Bertz CT molecular complexity index is 925. The molecule has 5 heteroatoms. The van der Waals surface area contributed by atoms with Crippen molar-refractivity contribution in [2.24, 2.45) is 11.8 Å². The van der Waals surface area contributed by atoms with Crippen molar-refractivity contribution in [2.45, 2.75) is 44.7 Å². The molecule has 2 aromatic rings. The molecule has 1 aliphatic heterocycles. The van der Waals surface area contributed by atoms with Crippen molar-refractivity contribution in [1.29, 1.82) is 0 Å². The minimum atomic E-state index is -0.233. The van der Waals surface area contributed by atoms with Gasteiger partial charge in [-0.3, -0.25) is 14.4 Å². The molecule has 29 heavy (non-hydrogen) atoms. The van der Waals surface area contributed by atoms with Crippen molar-refractivity contribution >= 4 is 17.6 Å². The van der Waals surface area contributed by atoms with E-state index in [-0.39, 0.29) is 29.7 Å². The van der Waals surface area contributed by atoms with Crippen LogP contribution in [-0.2, 0) is 4.79 Å². The van der Waals surface area contributed by atoms with E-state index in [4.69, 9.17) is 0 Å². The smallest absolute Gasteiger partial charge is 0.252 e. The number of rotatable bonds is 4. The van der Waals surface area contributed by atoms with E-state index >= 15 is 0 Å². The molecule has 150 valence electrons. The first-order valence-electron chi connectivity index (χ1n) is 10.3. The van der Waals surface area contributed by atoms with Crippen molar-refractivity contribution in [1.82, 2.24) is 10.6 Å². The molecule has 1 saturated heterocycles. The number of carbonyl (C=O) groups excluding carboxylic acids is 3. The van der Waals surface area contributed by atoms with E-state index in [0.29, 0.717) is 34.9 Å². The molecular weight excluding hydrogens is 364 g/mol. The van der Waals surface area contributed by atoms with Crippen LogP contribution in [0.5, 0.6) is 0 Å². The highest BCUT2D eigenvalue weighted by Gasteiger charge is 2.39. The van der Waals surface area contributed by atoms with Gasteiger partial charge in [0.25, 0.3) is 5.91 Å². The summed E-state index contributed by atoms with van der Waals surface area (Å²) in [6.07, 6.45) is 3.21. The number of benzene rings is 2. The lowest BCUT2D eigenvalue weighted by atomic mass is 9.72. The topological polar surface area (TPSA) is 75.3 Å². The molecule has 4 rings (SSSR count). The van der Waals surface area contributed by atoms with Gasteiger partial charge >= 0.3 is 0 Å². The highest BCUT2D eigenvalue weighted by molar-refractivity contribution is 6.15. The summed E-state index contributed by atoms with van der Waals surface area (Å²) in [6.45, 7) is 2.14. The molecule has 2 fully saturated rings. The maximum absolute atomic E-state index is 13.0. The number of hydrogen-bond acceptors (Lipinski definition) is 3. The average molecular weight is 390 g/mol. The van der Waals surface area contributed by atoms with Gasteiger partial charge in [-0.25, -0.2) is 0 Å². The number of amides is 2. The summed E-state index contributed by atoms with van der Waals surface area (Å²) >= 11 is 0. The Morgan fingerprint density at radius 2 is 1.66 bits per heavy atom. The molecule has 2 aromatic carbocycles. The van der Waals surface area contributed by atoms with Crippen LogP contribution < -0.4 is 10.6 Å². The van der Waals surface area contributed by atoms with Gasteiger partial charge in [0.1, 0.15) is 0 Å². The maximum Gasteiger partial charge on any atom is 0.252 e. The predicted octanol–water partition coefficient (Wildman–Crippen LogP) is 3.34. The fraction of sp³-hybridized carbons (Fsp3) is 0.375. The predicted molar refractivity (Wildman–Crippen MR) is 111 cm³/mol. The summed E-state index contributed by atoms with van der Waals surface area (Å²) in [5.41, 5.74) is 1.36. The first-order chi connectivity index (χ1) is 14.0. The molecule has 0 spiro atoms. The van der Waals surface area contributed by atoms with Gasteiger partial charge in [0.15, 0.2) is 5.78 Å². The Morgan fingerprint density at radius 3 is 2.41 bits per heavy atom. The van der Waals surface area contributed by atoms with Gasteiger partial charge in [0, 0.05) is 29.6 Å². The van der Waals surface area contributed by atoms with E-state index in [1.165, 1.54) is 0 Å². The second kappa shape index (κ2) is 8.19. The van der Waals surface area contributed by atoms with E-state index in [0.717, 1.165) is 19.3 Å². The number of nitrogens with one attached hydrogen (secondary N) is 2. The summed E-state index contributed by atoms with van der Waals surface area (Å²) in [5.74, 6) is 0.573. The molecule has 4 unspecified atom stereocenters. The lowest BCUT2D eigenvalue weighted by Gasteiger charge is -2.43. The minimum absolute atomic E-state index is 0.00534. The second-order valence-corrected chi connectivity index (χ2v) is 8.24. The van der Waals surface area contributed by atoms with Crippen LogP contribution in [0.3, 0.4) is 0 Å². The van der Waals surface area contributed by atoms with Crippen LogP contribution in [0.1, 0.15) is 58.9 Å². The van der Waals surface area contributed by atoms with E-state index in [1.54, 1.807) is 36.4 Å². The Kier molecular flexibility index (Phi) is 5.47. The number of hydrogen-bond donors (Lipinski definition) is 2. The van der Waals surface area contributed by atoms with Crippen LogP contribution in [0.15, 0.2) is 54.6 Å². The Balaban J connectivity index is 1.48. The van der Waals surface area contributed by atoms with Crippen molar-refractivity contribution in [3.05, 3.63) is 71.3 Å². The molecule has 2 N–H and O–H groups in total. The second-order valence-electron chi connectivity index (χ2n) is 8.24. The molecule has 1 heterocycles. The molecule has 2 aliphatic rings. The SMILES string of the molecule is CC1CC(=O)NC2CC(NC(=O)c3ccccc3C(=O)c3ccccc3)CCC12. The zero-order chi connectivity index (χ0) is 20.4. The fourth-order valence-electron chi connectivity index (χ4n) is 4.77. The molecule has 0 radical (unpaired) electrons. The number of fused-ring (bicyclic) bond motifs is 1. The first-order valence-corrected chi connectivity index (χ1v) is 10.3. The van der Waals surface area contributed by atoms with Gasteiger partial charge in [-0.1, -0.05) is 55.5 Å². The van der Waals surface area contributed by atoms with Crippen molar-refractivity contribution in [2.75, 3.05) is 0 Å². The van der Waals surface area contributed by atoms with Crippen molar-refractivity contribution in [3.63, 3.8) is 0 Å². The third-order valence-electron chi connectivity index (χ3n) is 6.28. The van der Waals surface area contributed by atoms with E-state index in [2.05, 4.69) is 17.6 Å². The molecule has 0 bridgehead atoms. The quantitative estimate of drug-likeness (QED) is 0.786. The van der Waals surface area contributed by atoms with Crippen LogP contribution in [-0.4, -0.2) is 29.7 Å². The van der Waals surface area contributed by atoms with Crippen LogP contribution in [0.2, 0.25) is 0 Å². The average Bonchev–Trinajstić information content (AvgIpc) is 2.73. The first kappa shape index (κ1) is 19.4. The van der Waals surface area contributed by atoms with Gasteiger partial charge in [-0.15, -0.1) is 0 Å². The summed E-state index contributed by atoms with van der Waals surface area (Å²) in [4.78, 5) is 37.8. The lowest BCUT2D eigenvalue weighted by Crippen LogP contribution is -2.54. The summed E-state index contributed by atoms with van der Waals surface area (Å²) in [6, 6.07) is 16.1. The molecule has 1 aliphatic carbocycles. The maximum atomic E-state index is 13.0. The number of ketones is 1. The minimum Gasteiger partial charge on any atom is -0.353 e. The number of carbonyl (C=O) groups is 3. The van der Waals surface area contributed by atoms with Crippen molar-refractivity contribution in [3.8, 4) is 0 Å². The molecule has 2 amide bonds. The van der Waals surface area contributed by atoms with Gasteiger partial charge in [0.05, 0.1) is 5.56 Å². The zero-order valence-electron chi connectivity index (χ0n) is 16.6.